The van der Waals surface area contributed by atoms with Crippen LogP contribution >= 0.6 is 11.3 Å². The molecule has 1 amide bonds. The van der Waals surface area contributed by atoms with E-state index in [2.05, 4.69) is 10.3 Å². The van der Waals surface area contributed by atoms with Crippen molar-refractivity contribution in [2.75, 3.05) is 6.54 Å². The van der Waals surface area contributed by atoms with Crippen LogP contribution in [0.25, 0.3) is 0 Å². The van der Waals surface area contributed by atoms with Crippen LogP contribution in [0.4, 0.5) is 0 Å². The molecule has 5 nitrogen and oxygen atoms in total. The summed E-state index contributed by atoms with van der Waals surface area (Å²) >= 11 is 1.46. The minimum absolute atomic E-state index is 0.00952. The Labute approximate surface area is 85.6 Å². The average Bonchev–Trinajstić information content (AvgIpc) is 2.66. The van der Waals surface area contributed by atoms with E-state index in [0.717, 1.165) is 5.01 Å². The number of hydrogen-bond donors (Lipinski definition) is 2. The summed E-state index contributed by atoms with van der Waals surface area (Å²) in [5.41, 5.74) is 5.59. The van der Waals surface area contributed by atoms with Crippen LogP contribution < -0.4 is 11.1 Å². The largest absolute Gasteiger partial charge is 0.342 e. The van der Waals surface area contributed by atoms with Crippen molar-refractivity contribution in [3.8, 4) is 6.07 Å². The molecule has 0 saturated heterocycles. The Kier molecular flexibility index (Phi) is 4.04. The summed E-state index contributed by atoms with van der Waals surface area (Å²) in [5, 5.41) is 13.3. The predicted molar refractivity (Wildman–Crippen MR) is 52.4 cm³/mol. The molecule has 0 aromatic carbocycles. The number of nitrogens with zero attached hydrogens (tertiary/aromatic N) is 2. The number of hydrogen-bond acceptors (Lipinski definition) is 5. The number of amides is 1. The van der Waals surface area contributed by atoms with Crippen molar-refractivity contribution in [3.63, 3.8) is 0 Å². The predicted octanol–water partition coefficient (Wildman–Crippen LogP) is -0.347. The molecule has 0 unspecified atom stereocenters. The highest BCUT2D eigenvalue weighted by molar-refractivity contribution is 7.09. The van der Waals surface area contributed by atoms with Gasteiger partial charge in [-0.2, -0.15) is 5.26 Å². The number of rotatable bonds is 4. The third-order valence-corrected chi connectivity index (χ3v) is 2.36. The highest BCUT2D eigenvalue weighted by Gasteiger charge is 2.14. The molecule has 6 heteroatoms. The van der Waals surface area contributed by atoms with Crippen LogP contribution in [0, 0.1) is 11.3 Å². The van der Waals surface area contributed by atoms with Crippen LogP contribution in [0.2, 0.25) is 0 Å². The fraction of sp³-hybridized carbons (Fsp3) is 0.375. The normalized spacial score (nSPS) is 11.7. The van der Waals surface area contributed by atoms with Gasteiger partial charge >= 0.3 is 0 Å². The Bertz CT molecular complexity index is 330. The molecular formula is C8H10N4OS. The summed E-state index contributed by atoms with van der Waals surface area (Å²) in [5.74, 6) is -0.318. The van der Waals surface area contributed by atoms with E-state index in [1.54, 1.807) is 6.20 Å². The molecule has 14 heavy (non-hydrogen) atoms. The second-order valence-electron chi connectivity index (χ2n) is 2.61. The Morgan fingerprint density at radius 2 is 2.64 bits per heavy atom. The van der Waals surface area contributed by atoms with Gasteiger partial charge in [0.2, 0.25) is 5.91 Å². The number of carbonyl (C=O) groups is 1. The van der Waals surface area contributed by atoms with E-state index < -0.39 is 6.04 Å². The topological polar surface area (TPSA) is 91.8 Å². The molecule has 0 bridgehead atoms. The molecule has 0 aliphatic heterocycles. The molecule has 1 heterocycles. The molecule has 1 rings (SSSR count). The minimum Gasteiger partial charge on any atom is -0.342 e. The van der Waals surface area contributed by atoms with Crippen LogP contribution in [-0.2, 0) is 11.2 Å². The van der Waals surface area contributed by atoms with E-state index in [-0.39, 0.29) is 12.5 Å². The van der Waals surface area contributed by atoms with Crippen molar-refractivity contribution in [1.82, 2.24) is 10.3 Å². The van der Waals surface area contributed by atoms with Gasteiger partial charge in [-0.3, -0.25) is 4.79 Å². The van der Waals surface area contributed by atoms with Gasteiger partial charge in [-0.1, -0.05) is 0 Å². The summed E-state index contributed by atoms with van der Waals surface area (Å²) in [4.78, 5) is 15.2. The number of nitrogens with two attached hydrogens (primary N) is 1. The van der Waals surface area contributed by atoms with Crippen molar-refractivity contribution in [2.24, 2.45) is 5.73 Å². The third kappa shape index (κ3) is 3.12. The number of nitrogens with one attached hydrogen (secondary N) is 1. The van der Waals surface area contributed by atoms with Gasteiger partial charge in [-0.15, -0.1) is 11.3 Å². The number of carbonyl (C=O) groups excluding carboxylic acids is 1. The maximum Gasteiger partial charge on any atom is 0.238 e. The van der Waals surface area contributed by atoms with Gasteiger partial charge in [0, 0.05) is 18.0 Å². The Balaban J connectivity index is 2.39. The lowest BCUT2D eigenvalue weighted by molar-refractivity contribution is -0.122. The van der Waals surface area contributed by atoms with E-state index in [1.807, 2.05) is 11.4 Å². The zero-order valence-electron chi connectivity index (χ0n) is 7.43. The van der Waals surface area contributed by atoms with E-state index in [4.69, 9.17) is 11.0 Å². The number of thiazole rings is 1. The second-order valence-corrected chi connectivity index (χ2v) is 3.59. The molecule has 1 atom stereocenters. The monoisotopic (exact) mass is 210 g/mol. The SMILES string of the molecule is N#CCNC(=O)[C@@H](N)Cc1nccs1. The average molecular weight is 210 g/mol. The lowest BCUT2D eigenvalue weighted by atomic mass is 10.2. The summed E-state index contributed by atoms with van der Waals surface area (Å²) < 4.78 is 0. The summed E-state index contributed by atoms with van der Waals surface area (Å²) in [6.45, 7) is -0.00952. The van der Waals surface area contributed by atoms with Crippen molar-refractivity contribution < 1.29 is 4.79 Å². The van der Waals surface area contributed by atoms with E-state index in [9.17, 15) is 4.79 Å². The van der Waals surface area contributed by atoms with E-state index in [0.29, 0.717) is 6.42 Å². The molecule has 0 radical (unpaired) electrons. The molecule has 0 aliphatic carbocycles. The maximum atomic E-state index is 11.2. The van der Waals surface area contributed by atoms with Crippen molar-refractivity contribution in [2.45, 2.75) is 12.5 Å². The number of nitriles is 1. The fourth-order valence-corrected chi connectivity index (χ4v) is 1.57. The molecule has 74 valence electrons. The van der Waals surface area contributed by atoms with Crippen LogP contribution in [0.15, 0.2) is 11.6 Å². The van der Waals surface area contributed by atoms with Crippen molar-refractivity contribution in [3.05, 3.63) is 16.6 Å². The first-order chi connectivity index (χ1) is 6.74. The maximum absolute atomic E-state index is 11.2. The molecular weight excluding hydrogens is 200 g/mol. The van der Waals surface area contributed by atoms with Crippen LogP contribution in [0.3, 0.4) is 0 Å². The molecule has 3 N–H and O–H groups in total. The lowest BCUT2D eigenvalue weighted by Gasteiger charge is -2.07. The Hall–Kier alpha value is -1.45. The highest BCUT2D eigenvalue weighted by atomic mass is 32.1. The highest BCUT2D eigenvalue weighted by Crippen LogP contribution is 2.05. The van der Waals surface area contributed by atoms with Gasteiger partial charge in [0.25, 0.3) is 0 Å². The van der Waals surface area contributed by atoms with Gasteiger partial charge in [0.1, 0.15) is 6.54 Å². The fourth-order valence-electron chi connectivity index (χ4n) is 0.892. The van der Waals surface area contributed by atoms with Gasteiger partial charge in [-0.25, -0.2) is 4.98 Å². The van der Waals surface area contributed by atoms with Gasteiger partial charge in [0.15, 0.2) is 0 Å². The van der Waals surface area contributed by atoms with Gasteiger partial charge < -0.3 is 11.1 Å². The molecule has 0 saturated carbocycles. The Morgan fingerprint density at radius 3 is 3.21 bits per heavy atom. The smallest absolute Gasteiger partial charge is 0.238 e. The minimum atomic E-state index is -0.630. The quantitative estimate of drug-likeness (QED) is 0.664. The zero-order chi connectivity index (χ0) is 10.4. The van der Waals surface area contributed by atoms with Crippen molar-refractivity contribution in [1.29, 1.82) is 5.26 Å². The summed E-state index contributed by atoms with van der Waals surface area (Å²) in [6.07, 6.45) is 2.08. The Morgan fingerprint density at radius 1 is 1.86 bits per heavy atom. The molecule has 1 aromatic heterocycles. The first-order valence-corrected chi connectivity index (χ1v) is 4.90. The van der Waals surface area contributed by atoms with E-state index in [1.165, 1.54) is 11.3 Å². The summed E-state index contributed by atoms with van der Waals surface area (Å²) in [7, 11) is 0. The first kappa shape index (κ1) is 10.6. The number of aromatic nitrogens is 1. The van der Waals surface area contributed by atoms with Gasteiger partial charge in [0.05, 0.1) is 17.1 Å². The van der Waals surface area contributed by atoms with Gasteiger partial charge in [-0.05, 0) is 0 Å². The molecule has 0 aliphatic rings. The molecule has 0 fully saturated rings. The van der Waals surface area contributed by atoms with E-state index >= 15 is 0 Å². The standard InChI is InChI=1S/C8H10N4OS/c9-1-2-12-8(13)6(10)5-7-11-3-4-14-7/h3-4,6H,2,5,10H2,(H,12,13)/t6-/m0/s1. The first-order valence-electron chi connectivity index (χ1n) is 4.02. The van der Waals surface area contributed by atoms with Crippen molar-refractivity contribution >= 4 is 17.2 Å². The second kappa shape index (κ2) is 5.32. The lowest BCUT2D eigenvalue weighted by Crippen LogP contribution is -2.42. The summed E-state index contributed by atoms with van der Waals surface area (Å²) in [6, 6.07) is 1.18. The molecule has 1 aromatic rings. The third-order valence-electron chi connectivity index (χ3n) is 1.56. The van der Waals surface area contributed by atoms with Crippen LogP contribution in [-0.4, -0.2) is 23.5 Å². The van der Waals surface area contributed by atoms with Crippen LogP contribution in [0.1, 0.15) is 5.01 Å². The van der Waals surface area contributed by atoms with Crippen LogP contribution in [0.5, 0.6) is 0 Å². The zero-order valence-corrected chi connectivity index (χ0v) is 8.25. The molecule has 0 spiro atoms.